The first-order valence-electron chi connectivity index (χ1n) is 9.63. The maximum absolute atomic E-state index is 13.3. The van der Waals surface area contributed by atoms with E-state index in [4.69, 9.17) is 4.74 Å². The molecule has 1 amide bonds. The van der Waals surface area contributed by atoms with Crippen molar-refractivity contribution in [3.63, 3.8) is 0 Å². The lowest BCUT2D eigenvalue weighted by molar-refractivity contribution is -0.132. The quantitative estimate of drug-likeness (QED) is 0.697. The van der Waals surface area contributed by atoms with E-state index in [1.807, 2.05) is 24.3 Å². The van der Waals surface area contributed by atoms with Crippen LogP contribution in [0, 0.1) is 5.82 Å². The Hall–Kier alpha value is -2.81. The van der Waals surface area contributed by atoms with Crippen LogP contribution in [0.3, 0.4) is 0 Å². The summed E-state index contributed by atoms with van der Waals surface area (Å²) in [6.45, 7) is 3.80. The van der Waals surface area contributed by atoms with E-state index < -0.39 is 21.9 Å². The number of anilines is 2. The molecule has 2 aromatic rings. The predicted molar refractivity (Wildman–Crippen MR) is 115 cm³/mol. The average Bonchev–Trinajstić information content (AvgIpc) is 2.74. The third-order valence-electron chi connectivity index (χ3n) is 5.18. The van der Waals surface area contributed by atoms with Gasteiger partial charge in [-0.2, -0.15) is 0 Å². The molecular formula is C21H26FN3O4S. The van der Waals surface area contributed by atoms with Gasteiger partial charge in [0, 0.05) is 31.9 Å². The molecule has 162 valence electrons. The van der Waals surface area contributed by atoms with Gasteiger partial charge < -0.3 is 14.5 Å². The van der Waals surface area contributed by atoms with Crippen LogP contribution >= 0.6 is 0 Å². The normalized spacial score (nSPS) is 15.6. The molecule has 0 aliphatic carbocycles. The van der Waals surface area contributed by atoms with Gasteiger partial charge in [-0.1, -0.05) is 0 Å². The van der Waals surface area contributed by atoms with Gasteiger partial charge in [0.15, 0.2) is 0 Å². The number of sulfonamides is 1. The molecule has 1 heterocycles. The summed E-state index contributed by atoms with van der Waals surface area (Å²) in [7, 11) is -2.12. The summed E-state index contributed by atoms with van der Waals surface area (Å²) in [5, 5.41) is 0. The number of rotatable bonds is 6. The molecule has 0 bridgehead atoms. The van der Waals surface area contributed by atoms with Crippen LogP contribution in [-0.4, -0.2) is 64.8 Å². The third-order valence-corrected chi connectivity index (χ3v) is 6.42. The number of ether oxygens (including phenoxy) is 1. The molecule has 0 N–H and O–H groups in total. The molecule has 7 nitrogen and oxygen atoms in total. The highest BCUT2D eigenvalue weighted by atomic mass is 32.2. The van der Waals surface area contributed by atoms with Gasteiger partial charge in [-0.15, -0.1) is 0 Å². The molecule has 2 aromatic carbocycles. The molecule has 1 aliphatic rings. The van der Waals surface area contributed by atoms with E-state index in [9.17, 15) is 17.6 Å². The molecule has 0 aromatic heterocycles. The van der Waals surface area contributed by atoms with Crippen LogP contribution in [-0.2, 0) is 14.8 Å². The van der Waals surface area contributed by atoms with Crippen molar-refractivity contribution in [2.45, 2.75) is 13.0 Å². The van der Waals surface area contributed by atoms with Crippen molar-refractivity contribution < 1.29 is 22.3 Å². The van der Waals surface area contributed by atoms with Crippen LogP contribution in [0.4, 0.5) is 15.8 Å². The average molecular weight is 436 g/mol. The van der Waals surface area contributed by atoms with Gasteiger partial charge in [0.25, 0.3) is 0 Å². The van der Waals surface area contributed by atoms with E-state index in [2.05, 4.69) is 4.90 Å². The van der Waals surface area contributed by atoms with Crippen LogP contribution in [0.2, 0.25) is 0 Å². The number of hydrogen-bond acceptors (Lipinski definition) is 5. The molecule has 1 unspecified atom stereocenters. The first kappa shape index (κ1) is 21.9. The summed E-state index contributed by atoms with van der Waals surface area (Å²) in [5.41, 5.74) is 1.30. The smallest absolute Gasteiger partial charge is 0.246 e. The molecule has 1 atom stereocenters. The maximum atomic E-state index is 13.3. The van der Waals surface area contributed by atoms with Gasteiger partial charge in [0.1, 0.15) is 17.6 Å². The lowest BCUT2D eigenvalue weighted by atomic mass is 10.2. The topological polar surface area (TPSA) is 70.2 Å². The summed E-state index contributed by atoms with van der Waals surface area (Å²) in [6.07, 6.45) is 1.04. The number of benzene rings is 2. The van der Waals surface area contributed by atoms with E-state index in [1.54, 1.807) is 18.9 Å². The van der Waals surface area contributed by atoms with Gasteiger partial charge in [0.05, 0.1) is 19.1 Å². The third kappa shape index (κ3) is 4.84. The summed E-state index contributed by atoms with van der Waals surface area (Å²) in [4.78, 5) is 16.9. The Kier molecular flexibility index (Phi) is 6.50. The van der Waals surface area contributed by atoms with E-state index in [-0.39, 0.29) is 11.6 Å². The Morgan fingerprint density at radius 3 is 2.10 bits per heavy atom. The Morgan fingerprint density at radius 1 is 1.03 bits per heavy atom. The lowest BCUT2D eigenvalue weighted by Crippen LogP contribution is -2.55. The number of carbonyl (C=O) groups excluding carboxylic acids is 1. The molecule has 9 heteroatoms. The SMILES string of the molecule is COc1ccc(N2CCN(C(=O)C(C)N(c3ccc(F)cc3)S(C)(=O)=O)CC2)cc1. The summed E-state index contributed by atoms with van der Waals surface area (Å²) < 4.78 is 44.2. The van der Waals surface area contributed by atoms with Crippen molar-refractivity contribution in [2.75, 3.05) is 48.7 Å². The number of methoxy groups -OCH3 is 1. The standard InChI is InChI=1S/C21H26FN3O4S/c1-16(25(30(3,27)28)19-6-4-17(22)5-7-19)21(26)24-14-12-23(13-15-24)18-8-10-20(29-2)11-9-18/h4-11,16H,12-15H2,1-3H3. The first-order chi connectivity index (χ1) is 14.2. The highest BCUT2D eigenvalue weighted by Crippen LogP contribution is 2.24. The summed E-state index contributed by atoms with van der Waals surface area (Å²) >= 11 is 0. The molecule has 0 saturated carbocycles. The minimum absolute atomic E-state index is 0.261. The van der Waals surface area contributed by atoms with E-state index in [1.165, 1.54) is 24.3 Å². The monoisotopic (exact) mass is 435 g/mol. The number of hydrogen-bond donors (Lipinski definition) is 0. The van der Waals surface area contributed by atoms with Crippen LogP contribution in [0.1, 0.15) is 6.92 Å². The molecule has 1 fully saturated rings. The van der Waals surface area contributed by atoms with Crippen LogP contribution in [0.15, 0.2) is 48.5 Å². The molecule has 3 rings (SSSR count). The molecule has 30 heavy (non-hydrogen) atoms. The van der Waals surface area contributed by atoms with Gasteiger partial charge >= 0.3 is 0 Å². The zero-order chi connectivity index (χ0) is 21.9. The van der Waals surface area contributed by atoms with Crippen LogP contribution in [0.25, 0.3) is 0 Å². The number of halogens is 1. The maximum Gasteiger partial charge on any atom is 0.246 e. The van der Waals surface area contributed by atoms with Crippen molar-refractivity contribution in [3.05, 3.63) is 54.3 Å². The number of carbonyl (C=O) groups is 1. The second kappa shape index (κ2) is 8.91. The fraction of sp³-hybridized carbons (Fsp3) is 0.381. The van der Waals surface area contributed by atoms with Crippen LogP contribution < -0.4 is 13.9 Å². The molecule has 0 radical (unpaired) electrons. The molecule has 1 aliphatic heterocycles. The summed E-state index contributed by atoms with van der Waals surface area (Å²) in [6, 6.07) is 11.9. The first-order valence-corrected chi connectivity index (χ1v) is 11.5. The largest absolute Gasteiger partial charge is 0.497 e. The Morgan fingerprint density at radius 2 is 1.60 bits per heavy atom. The molecule has 0 spiro atoms. The predicted octanol–water partition coefficient (Wildman–Crippen LogP) is 2.34. The minimum Gasteiger partial charge on any atom is -0.497 e. The van der Waals surface area contributed by atoms with Crippen LogP contribution in [0.5, 0.6) is 5.75 Å². The van der Waals surface area contributed by atoms with E-state index in [0.717, 1.165) is 22.0 Å². The van der Waals surface area contributed by atoms with Gasteiger partial charge in [-0.05, 0) is 55.5 Å². The minimum atomic E-state index is -3.73. The fourth-order valence-electron chi connectivity index (χ4n) is 3.63. The Labute approximate surface area is 176 Å². The zero-order valence-corrected chi connectivity index (χ0v) is 18.1. The second-order valence-electron chi connectivity index (χ2n) is 7.22. The van der Waals surface area contributed by atoms with E-state index >= 15 is 0 Å². The zero-order valence-electron chi connectivity index (χ0n) is 17.3. The van der Waals surface area contributed by atoms with Gasteiger partial charge in [-0.3, -0.25) is 9.10 Å². The number of nitrogens with zero attached hydrogens (tertiary/aromatic N) is 3. The highest BCUT2D eigenvalue weighted by Gasteiger charge is 2.33. The molecule has 1 saturated heterocycles. The fourth-order valence-corrected chi connectivity index (χ4v) is 4.80. The van der Waals surface area contributed by atoms with Crippen molar-refractivity contribution >= 4 is 27.3 Å². The Bertz CT molecular complexity index is 972. The summed E-state index contributed by atoms with van der Waals surface area (Å²) in [5.74, 6) is 0.0306. The lowest BCUT2D eigenvalue weighted by Gasteiger charge is -2.39. The van der Waals surface area contributed by atoms with Crippen molar-refractivity contribution in [2.24, 2.45) is 0 Å². The van der Waals surface area contributed by atoms with Gasteiger partial charge in [0.2, 0.25) is 15.9 Å². The number of piperazine rings is 1. The number of amides is 1. The van der Waals surface area contributed by atoms with Crippen molar-refractivity contribution in [1.29, 1.82) is 0 Å². The van der Waals surface area contributed by atoms with E-state index in [0.29, 0.717) is 26.2 Å². The molecular weight excluding hydrogens is 409 g/mol. The Balaban J connectivity index is 1.70. The van der Waals surface area contributed by atoms with Gasteiger partial charge in [-0.25, -0.2) is 12.8 Å². The van der Waals surface area contributed by atoms with Crippen molar-refractivity contribution in [1.82, 2.24) is 4.90 Å². The van der Waals surface area contributed by atoms with Crippen molar-refractivity contribution in [3.8, 4) is 5.75 Å². The highest BCUT2D eigenvalue weighted by molar-refractivity contribution is 7.92. The second-order valence-corrected chi connectivity index (χ2v) is 9.08.